The largest absolute Gasteiger partial charge is 0.469 e. The van der Waals surface area contributed by atoms with Gasteiger partial charge in [0.25, 0.3) is 0 Å². The van der Waals surface area contributed by atoms with Gasteiger partial charge in [0.15, 0.2) is 0 Å². The van der Waals surface area contributed by atoms with E-state index in [-0.39, 0.29) is 5.97 Å². The number of hydrogen-bond donors (Lipinski definition) is 0. The van der Waals surface area contributed by atoms with E-state index in [0.29, 0.717) is 6.42 Å². The maximum Gasteiger partial charge on any atom is 0.305 e. The van der Waals surface area contributed by atoms with Crippen molar-refractivity contribution in [1.29, 1.82) is 0 Å². The molecule has 21 heavy (non-hydrogen) atoms. The zero-order valence-corrected chi connectivity index (χ0v) is 14.4. The molecule has 0 heterocycles. The maximum absolute atomic E-state index is 10.9. The van der Waals surface area contributed by atoms with E-state index in [1.165, 1.54) is 77.7 Å². The molecule has 0 aromatic heterocycles. The second-order valence-electron chi connectivity index (χ2n) is 5.91. The van der Waals surface area contributed by atoms with E-state index >= 15 is 0 Å². The van der Waals surface area contributed by atoms with Gasteiger partial charge < -0.3 is 4.74 Å². The van der Waals surface area contributed by atoms with Crippen LogP contribution in [-0.2, 0) is 9.53 Å². The van der Waals surface area contributed by atoms with Crippen molar-refractivity contribution in [3.05, 3.63) is 12.2 Å². The Kier molecular flexibility index (Phi) is 16.6. The van der Waals surface area contributed by atoms with Crippen molar-refractivity contribution in [2.24, 2.45) is 0 Å². The van der Waals surface area contributed by atoms with Crippen molar-refractivity contribution < 1.29 is 9.53 Å². The zero-order valence-electron chi connectivity index (χ0n) is 14.4. The summed E-state index contributed by atoms with van der Waals surface area (Å²) in [5.41, 5.74) is 0. The molecule has 0 rings (SSSR count). The molecule has 0 N–H and O–H groups in total. The molecule has 0 bridgehead atoms. The van der Waals surface area contributed by atoms with Gasteiger partial charge in [-0.2, -0.15) is 0 Å². The summed E-state index contributed by atoms with van der Waals surface area (Å²) >= 11 is 0. The molecule has 0 saturated carbocycles. The minimum absolute atomic E-state index is 0.0990. The highest BCUT2D eigenvalue weighted by Crippen LogP contribution is 2.11. The smallest absolute Gasteiger partial charge is 0.305 e. The molecule has 0 aromatic rings. The van der Waals surface area contributed by atoms with Crippen LogP contribution in [-0.4, -0.2) is 13.1 Å². The monoisotopic (exact) mass is 296 g/mol. The van der Waals surface area contributed by atoms with Gasteiger partial charge in [-0.25, -0.2) is 0 Å². The van der Waals surface area contributed by atoms with Crippen molar-refractivity contribution >= 4 is 5.97 Å². The van der Waals surface area contributed by atoms with E-state index in [9.17, 15) is 4.79 Å². The van der Waals surface area contributed by atoms with E-state index in [2.05, 4.69) is 23.8 Å². The Morgan fingerprint density at radius 2 is 1.24 bits per heavy atom. The van der Waals surface area contributed by atoms with Crippen LogP contribution in [0.3, 0.4) is 0 Å². The Labute approximate surface area is 132 Å². The predicted octanol–water partition coefficient (Wildman–Crippen LogP) is 6.20. The number of carbonyl (C=O) groups is 1. The highest BCUT2D eigenvalue weighted by molar-refractivity contribution is 5.68. The summed E-state index contributed by atoms with van der Waals surface area (Å²) in [4.78, 5) is 10.9. The molecule has 2 heteroatoms. The van der Waals surface area contributed by atoms with Crippen LogP contribution in [0.25, 0.3) is 0 Å². The highest BCUT2D eigenvalue weighted by Gasteiger charge is 1.96. The summed E-state index contributed by atoms with van der Waals surface area (Å²) in [6.45, 7) is 2.27. The zero-order chi connectivity index (χ0) is 15.6. The number of esters is 1. The number of hydrogen-bond acceptors (Lipinski definition) is 2. The summed E-state index contributed by atoms with van der Waals surface area (Å²) in [5.74, 6) is -0.0990. The molecule has 0 aliphatic rings. The van der Waals surface area contributed by atoms with E-state index in [0.717, 1.165) is 12.8 Å². The lowest BCUT2D eigenvalue weighted by molar-refractivity contribution is -0.140. The van der Waals surface area contributed by atoms with Crippen LogP contribution in [0.2, 0.25) is 0 Å². The Morgan fingerprint density at radius 1 is 0.762 bits per heavy atom. The average molecular weight is 296 g/mol. The summed E-state index contributed by atoms with van der Waals surface area (Å²) in [6.07, 6.45) is 22.0. The number of allylic oxidation sites excluding steroid dienone is 2. The predicted molar refractivity (Wildman–Crippen MR) is 91.5 cm³/mol. The third kappa shape index (κ3) is 17.2. The van der Waals surface area contributed by atoms with Gasteiger partial charge in [-0.05, 0) is 25.7 Å². The lowest BCUT2D eigenvalue weighted by Gasteiger charge is -2.01. The van der Waals surface area contributed by atoms with Crippen LogP contribution in [0.1, 0.15) is 96.8 Å². The van der Waals surface area contributed by atoms with Crippen LogP contribution in [0.15, 0.2) is 12.2 Å². The molecular formula is C19H36O2. The first kappa shape index (κ1) is 20.2. The second-order valence-corrected chi connectivity index (χ2v) is 5.91. The molecular weight excluding hydrogens is 260 g/mol. The molecule has 0 aromatic carbocycles. The summed E-state index contributed by atoms with van der Waals surface area (Å²) in [6, 6.07) is 0. The van der Waals surface area contributed by atoms with Gasteiger partial charge in [0.1, 0.15) is 0 Å². The van der Waals surface area contributed by atoms with Gasteiger partial charge in [0.2, 0.25) is 0 Å². The molecule has 0 fully saturated rings. The van der Waals surface area contributed by atoms with Crippen LogP contribution >= 0.6 is 0 Å². The molecule has 124 valence electrons. The molecule has 0 spiro atoms. The normalized spacial score (nSPS) is 11.1. The maximum atomic E-state index is 10.9. The molecule has 0 unspecified atom stereocenters. The number of ether oxygens (including phenoxy) is 1. The molecule has 2 nitrogen and oxygen atoms in total. The Morgan fingerprint density at radius 3 is 1.76 bits per heavy atom. The van der Waals surface area contributed by atoms with Crippen LogP contribution in [0, 0.1) is 0 Å². The number of methoxy groups -OCH3 is 1. The number of carbonyl (C=O) groups excluding carboxylic acids is 1. The minimum Gasteiger partial charge on any atom is -0.469 e. The summed E-state index contributed by atoms with van der Waals surface area (Å²) in [5, 5.41) is 0. The SMILES string of the molecule is CCCCCCCCCCCCC=CCCCC(=O)OC. The Hall–Kier alpha value is -0.790. The number of unbranched alkanes of at least 4 members (excludes halogenated alkanes) is 11. The molecule has 0 radical (unpaired) electrons. The van der Waals surface area contributed by atoms with Crippen molar-refractivity contribution in [3.63, 3.8) is 0 Å². The molecule has 0 atom stereocenters. The van der Waals surface area contributed by atoms with Crippen molar-refractivity contribution in [1.82, 2.24) is 0 Å². The van der Waals surface area contributed by atoms with Crippen molar-refractivity contribution in [2.75, 3.05) is 7.11 Å². The number of rotatable bonds is 15. The summed E-state index contributed by atoms with van der Waals surface area (Å²) in [7, 11) is 1.45. The first-order valence-corrected chi connectivity index (χ1v) is 9.03. The Balaban J connectivity index is 3.09. The third-order valence-electron chi connectivity index (χ3n) is 3.87. The summed E-state index contributed by atoms with van der Waals surface area (Å²) < 4.78 is 4.61. The van der Waals surface area contributed by atoms with Crippen molar-refractivity contribution in [3.8, 4) is 0 Å². The lowest BCUT2D eigenvalue weighted by atomic mass is 10.1. The van der Waals surface area contributed by atoms with E-state index < -0.39 is 0 Å². The van der Waals surface area contributed by atoms with Crippen LogP contribution in [0.5, 0.6) is 0 Å². The fraction of sp³-hybridized carbons (Fsp3) is 0.842. The van der Waals surface area contributed by atoms with Gasteiger partial charge in [0.05, 0.1) is 7.11 Å². The second kappa shape index (κ2) is 17.3. The minimum atomic E-state index is -0.0990. The standard InChI is InChI=1S/C19H36O2/c1-3-4-5-6-7-8-9-10-11-12-13-14-15-16-17-18-19(20)21-2/h14-15H,3-13,16-18H2,1-2H3. The first-order chi connectivity index (χ1) is 10.3. The van der Waals surface area contributed by atoms with E-state index in [4.69, 9.17) is 0 Å². The van der Waals surface area contributed by atoms with Crippen LogP contribution < -0.4 is 0 Å². The van der Waals surface area contributed by atoms with Gasteiger partial charge in [-0.3, -0.25) is 4.79 Å². The van der Waals surface area contributed by atoms with Gasteiger partial charge >= 0.3 is 5.97 Å². The first-order valence-electron chi connectivity index (χ1n) is 9.03. The van der Waals surface area contributed by atoms with Crippen molar-refractivity contribution in [2.45, 2.75) is 96.8 Å². The topological polar surface area (TPSA) is 26.3 Å². The molecule has 0 aliphatic heterocycles. The Bertz CT molecular complexity index is 246. The fourth-order valence-corrected chi connectivity index (χ4v) is 2.45. The van der Waals surface area contributed by atoms with Gasteiger partial charge in [-0.15, -0.1) is 0 Å². The van der Waals surface area contributed by atoms with E-state index in [1.54, 1.807) is 0 Å². The molecule has 0 amide bonds. The quantitative estimate of drug-likeness (QED) is 0.204. The fourth-order valence-electron chi connectivity index (χ4n) is 2.45. The molecule has 0 saturated heterocycles. The highest BCUT2D eigenvalue weighted by atomic mass is 16.5. The molecule has 0 aliphatic carbocycles. The van der Waals surface area contributed by atoms with Gasteiger partial charge in [-0.1, -0.05) is 76.9 Å². The lowest BCUT2D eigenvalue weighted by Crippen LogP contribution is -1.98. The van der Waals surface area contributed by atoms with Gasteiger partial charge in [0, 0.05) is 6.42 Å². The average Bonchev–Trinajstić information content (AvgIpc) is 2.50. The third-order valence-corrected chi connectivity index (χ3v) is 3.87. The van der Waals surface area contributed by atoms with E-state index in [1.807, 2.05) is 0 Å². The van der Waals surface area contributed by atoms with Crippen LogP contribution in [0.4, 0.5) is 0 Å².